The summed E-state index contributed by atoms with van der Waals surface area (Å²) in [5.41, 5.74) is 1.64. The maximum absolute atomic E-state index is 12.4. The van der Waals surface area contributed by atoms with Gasteiger partial charge in [0.15, 0.2) is 5.43 Å². The fourth-order valence-corrected chi connectivity index (χ4v) is 3.06. The highest BCUT2D eigenvalue weighted by molar-refractivity contribution is 5.79. The minimum absolute atomic E-state index is 0.128. The molecular formula is C18H23NO3. The number of benzene rings is 1. The smallest absolute Gasteiger partial charge is 0.196 e. The quantitative estimate of drug-likeness (QED) is 0.822. The maximum atomic E-state index is 12.4. The Balaban J connectivity index is 1.79. The Morgan fingerprint density at radius 1 is 1.23 bits per heavy atom. The van der Waals surface area contributed by atoms with Gasteiger partial charge in [-0.3, -0.25) is 4.79 Å². The third-order valence-corrected chi connectivity index (χ3v) is 4.44. The molecule has 22 heavy (non-hydrogen) atoms. The second-order valence-electron chi connectivity index (χ2n) is 5.72. The van der Waals surface area contributed by atoms with Gasteiger partial charge in [0, 0.05) is 24.6 Å². The summed E-state index contributed by atoms with van der Waals surface area (Å²) in [7, 11) is 0. The molecule has 0 saturated carbocycles. The van der Waals surface area contributed by atoms with Crippen LogP contribution in [-0.4, -0.2) is 31.1 Å². The van der Waals surface area contributed by atoms with Crippen LogP contribution in [0.5, 0.6) is 5.75 Å². The summed E-state index contributed by atoms with van der Waals surface area (Å²) in [6.45, 7) is 7.89. The lowest BCUT2D eigenvalue weighted by Gasteiger charge is -2.18. The Bertz CT molecular complexity index is 716. The molecule has 0 bridgehead atoms. The van der Waals surface area contributed by atoms with Gasteiger partial charge in [-0.15, -0.1) is 0 Å². The van der Waals surface area contributed by atoms with E-state index in [1.54, 1.807) is 0 Å². The van der Waals surface area contributed by atoms with E-state index in [0.29, 0.717) is 17.6 Å². The highest BCUT2D eigenvalue weighted by atomic mass is 16.5. The van der Waals surface area contributed by atoms with Gasteiger partial charge in [-0.1, -0.05) is 13.8 Å². The van der Waals surface area contributed by atoms with Crippen molar-refractivity contribution in [2.45, 2.75) is 33.1 Å². The molecule has 4 nitrogen and oxygen atoms in total. The maximum Gasteiger partial charge on any atom is 0.196 e. The molecule has 4 heteroatoms. The van der Waals surface area contributed by atoms with E-state index in [1.165, 1.54) is 0 Å². The third kappa shape index (κ3) is 2.88. The highest BCUT2D eigenvalue weighted by Crippen LogP contribution is 2.26. The van der Waals surface area contributed by atoms with Gasteiger partial charge < -0.3 is 14.1 Å². The number of aryl methyl sites for hydroxylation is 1. The molecule has 0 fully saturated rings. The van der Waals surface area contributed by atoms with Crippen LogP contribution in [0.15, 0.2) is 27.4 Å². The van der Waals surface area contributed by atoms with Crippen LogP contribution in [0.4, 0.5) is 0 Å². The van der Waals surface area contributed by atoms with E-state index >= 15 is 0 Å². The molecule has 0 aliphatic heterocycles. The molecule has 0 atom stereocenters. The van der Waals surface area contributed by atoms with Crippen LogP contribution in [-0.2, 0) is 12.8 Å². The van der Waals surface area contributed by atoms with Crippen molar-refractivity contribution in [3.05, 3.63) is 39.7 Å². The molecule has 1 aromatic heterocycles. The number of ether oxygens (including phenoxy) is 1. The van der Waals surface area contributed by atoms with Crippen molar-refractivity contribution in [2.24, 2.45) is 0 Å². The SMILES string of the molecule is CCN(CC)CCOc1ccc2c(=O)c3c(oc2c1)CCC3. The molecule has 0 spiro atoms. The van der Waals surface area contributed by atoms with Crippen LogP contribution >= 0.6 is 0 Å². The van der Waals surface area contributed by atoms with Crippen LogP contribution in [0.2, 0.25) is 0 Å². The molecule has 0 N–H and O–H groups in total. The first kappa shape index (κ1) is 15.1. The van der Waals surface area contributed by atoms with Gasteiger partial charge in [0.05, 0.1) is 5.39 Å². The average molecular weight is 301 g/mol. The van der Waals surface area contributed by atoms with Crippen molar-refractivity contribution in [3.63, 3.8) is 0 Å². The predicted molar refractivity (Wildman–Crippen MR) is 87.8 cm³/mol. The Labute approximate surface area is 130 Å². The van der Waals surface area contributed by atoms with Crippen molar-refractivity contribution in [3.8, 4) is 5.75 Å². The number of hydrogen-bond acceptors (Lipinski definition) is 4. The average Bonchev–Trinajstić information content (AvgIpc) is 3.00. The first-order valence-corrected chi connectivity index (χ1v) is 8.16. The molecule has 0 saturated heterocycles. The topological polar surface area (TPSA) is 42.7 Å². The molecular weight excluding hydrogens is 278 g/mol. The van der Waals surface area contributed by atoms with Gasteiger partial charge in [-0.05, 0) is 38.1 Å². The lowest BCUT2D eigenvalue weighted by atomic mass is 10.1. The van der Waals surface area contributed by atoms with Crippen molar-refractivity contribution < 1.29 is 9.15 Å². The van der Waals surface area contributed by atoms with Gasteiger partial charge in [0.25, 0.3) is 0 Å². The molecule has 1 aromatic carbocycles. The van der Waals surface area contributed by atoms with Gasteiger partial charge in [0.2, 0.25) is 0 Å². The second kappa shape index (κ2) is 6.53. The zero-order valence-electron chi connectivity index (χ0n) is 13.4. The molecule has 1 aliphatic carbocycles. The monoisotopic (exact) mass is 301 g/mol. The van der Waals surface area contributed by atoms with Crippen molar-refractivity contribution in [1.29, 1.82) is 0 Å². The molecule has 118 valence electrons. The Hall–Kier alpha value is -1.81. The summed E-state index contributed by atoms with van der Waals surface area (Å²) in [5, 5.41) is 0.664. The normalized spacial score (nSPS) is 13.8. The zero-order chi connectivity index (χ0) is 15.5. The van der Waals surface area contributed by atoms with Crippen molar-refractivity contribution in [2.75, 3.05) is 26.2 Å². The molecule has 3 rings (SSSR count). The number of nitrogens with zero attached hydrogens (tertiary/aromatic N) is 1. The van der Waals surface area contributed by atoms with E-state index < -0.39 is 0 Å². The lowest BCUT2D eigenvalue weighted by molar-refractivity contribution is 0.223. The van der Waals surface area contributed by atoms with Crippen LogP contribution in [0, 0.1) is 0 Å². The van der Waals surface area contributed by atoms with E-state index in [1.807, 2.05) is 18.2 Å². The summed E-state index contributed by atoms with van der Waals surface area (Å²) in [6, 6.07) is 5.53. The molecule has 1 aliphatic rings. The van der Waals surface area contributed by atoms with Crippen molar-refractivity contribution in [1.82, 2.24) is 4.90 Å². The Kier molecular flexibility index (Phi) is 4.48. The first-order chi connectivity index (χ1) is 10.7. The predicted octanol–water partition coefficient (Wildman–Crippen LogP) is 3.00. The summed E-state index contributed by atoms with van der Waals surface area (Å²) in [5.74, 6) is 1.62. The van der Waals surface area contributed by atoms with E-state index in [2.05, 4.69) is 18.7 Å². The van der Waals surface area contributed by atoms with Crippen LogP contribution in [0.3, 0.4) is 0 Å². The lowest BCUT2D eigenvalue weighted by Crippen LogP contribution is -2.27. The molecule has 0 radical (unpaired) electrons. The summed E-state index contributed by atoms with van der Waals surface area (Å²) in [4.78, 5) is 14.7. The second-order valence-corrected chi connectivity index (χ2v) is 5.72. The zero-order valence-corrected chi connectivity index (χ0v) is 13.4. The van der Waals surface area contributed by atoms with E-state index in [9.17, 15) is 4.79 Å². The number of hydrogen-bond donors (Lipinski definition) is 0. The van der Waals surface area contributed by atoms with E-state index in [4.69, 9.17) is 9.15 Å². The largest absolute Gasteiger partial charge is 0.492 e. The molecule has 0 unspecified atom stereocenters. The summed E-state index contributed by atoms with van der Waals surface area (Å²) >= 11 is 0. The van der Waals surface area contributed by atoms with Crippen LogP contribution < -0.4 is 10.2 Å². The summed E-state index contributed by atoms with van der Waals surface area (Å²) in [6.07, 6.45) is 2.72. The molecule has 1 heterocycles. The number of likely N-dealkylation sites (N-methyl/N-ethyl adjacent to an activating group) is 1. The van der Waals surface area contributed by atoms with Crippen molar-refractivity contribution >= 4 is 11.0 Å². The van der Waals surface area contributed by atoms with Crippen LogP contribution in [0.1, 0.15) is 31.6 Å². The molecule has 0 amide bonds. The van der Waals surface area contributed by atoms with Gasteiger partial charge in [-0.25, -0.2) is 0 Å². The Morgan fingerprint density at radius 3 is 2.82 bits per heavy atom. The van der Waals surface area contributed by atoms with Gasteiger partial charge in [0.1, 0.15) is 23.7 Å². The minimum atomic E-state index is 0.128. The van der Waals surface area contributed by atoms with E-state index in [-0.39, 0.29) is 5.43 Å². The van der Waals surface area contributed by atoms with Crippen LogP contribution in [0.25, 0.3) is 11.0 Å². The molecule has 2 aromatic rings. The highest BCUT2D eigenvalue weighted by Gasteiger charge is 2.19. The first-order valence-electron chi connectivity index (χ1n) is 8.16. The fraction of sp³-hybridized carbons (Fsp3) is 0.500. The minimum Gasteiger partial charge on any atom is -0.492 e. The van der Waals surface area contributed by atoms with Gasteiger partial charge >= 0.3 is 0 Å². The number of rotatable bonds is 6. The Morgan fingerprint density at radius 2 is 2.05 bits per heavy atom. The standard InChI is InChI=1S/C18H23NO3/c1-3-19(4-2)10-11-21-13-8-9-15-17(12-13)22-16-7-5-6-14(16)18(15)20/h8-9,12H,3-7,10-11H2,1-2H3. The van der Waals surface area contributed by atoms with Gasteiger partial charge in [-0.2, -0.15) is 0 Å². The summed E-state index contributed by atoms with van der Waals surface area (Å²) < 4.78 is 11.7. The van der Waals surface area contributed by atoms with E-state index in [0.717, 1.165) is 56.0 Å². The number of fused-ring (bicyclic) bond motifs is 2. The third-order valence-electron chi connectivity index (χ3n) is 4.44. The fourth-order valence-electron chi connectivity index (χ4n) is 3.06.